The molecule has 0 fully saturated rings. The van der Waals surface area contributed by atoms with E-state index in [9.17, 15) is 14.4 Å². The maximum Gasteiger partial charge on any atom is 3.00 e. The molecule has 162 valence electrons. The first-order valence-electron chi connectivity index (χ1n) is 9.80. The Morgan fingerprint density at radius 1 is 0.441 bits per heavy atom. The molecule has 7 heteroatoms. The van der Waals surface area contributed by atoms with Crippen molar-refractivity contribution in [3.63, 3.8) is 0 Å². The summed E-state index contributed by atoms with van der Waals surface area (Å²) in [5, 5.41) is 1.81. The normalized spacial score (nSPS) is 9.88. The van der Waals surface area contributed by atoms with Crippen LogP contribution in [-0.4, -0.2) is 17.4 Å². The van der Waals surface area contributed by atoms with Crippen LogP contribution in [0.4, 0.5) is 0 Å². The van der Waals surface area contributed by atoms with Crippen LogP contribution < -0.4 is 16.3 Å². The smallest absolute Gasteiger partial charge is 0.581 e. The quantitative estimate of drug-likeness (QED) is 0.246. The van der Waals surface area contributed by atoms with Crippen molar-refractivity contribution < 1.29 is 13.3 Å². The number of para-hydroxylation sites is 3. The van der Waals surface area contributed by atoms with Gasteiger partial charge in [-0.15, -0.1) is 0 Å². The topological polar surface area (TPSA) is 90.6 Å². The molecule has 0 aliphatic heterocycles. The Kier molecular flexibility index (Phi) is 8.36. The summed E-state index contributed by atoms with van der Waals surface area (Å²) >= 11 is 0. The van der Waals surface area contributed by atoms with Gasteiger partial charge in [0.1, 0.15) is 0 Å². The Morgan fingerprint density at radius 3 is 0.971 bits per heavy atom. The van der Waals surface area contributed by atoms with Gasteiger partial charge in [-0.3, -0.25) is 0 Å². The first-order chi connectivity index (χ1) is 16.1. The van der Waals surface area contributed by atoms with Crippen molar-refractivity contribution >= 4 is 50.3 Å². The molecule has 0 aliphatic rings. The minimum Gasteiger partial charge on any atom is -0.581 e. The number of hydrogen-bond acceptors (Lipinski definition) is 6. The molecule has 3 aromatic carbocycles. The van der Waals surface area contributed by atoms with Gasteiger partial charge in [-0.1, -0.05) is 91.0 Å². The van der Waals surface area contributed by atoms with Gasteiger partial charge in [0.25, 0.3) is 0 Å². The first-order valence-corrected chi connectivity index (χ1v) is 9.80. The summed E-state index contributed by atoms with van der Waals surface area (Å²) in [6.07, 6.45) is 7.25. The Balaban J connectivity index is 0.000000141. The van der Waals surface area contributed by atoms with E-state index in [4.69, 9.17) is 13.3 Å². The standard InChI is InChI=1S/3C9H5O2.Al/c3*10-8-5-6-11-9-4-2-1-3-7(8)9;/h3*1-5H;/q3*-1;+3. The summed E-state index contributed by atoms with van der Waals surface area (Å²) in [5.41, 5.74) is 1.60. The molecule has 0 saturated carbocycles. The fourth-order valence-corrected chi connectivity index (χ4v) is 2.95. The molecule has 6 nitrogen and oxygen atoms in total. The molecule has 6 aromatic rings. The maximum absolute atomic E-state index is 11.1. The number of benzene rings is 3. The van der Waals surface area contributed by atoms with Gasteiger partial charge < -0.3 is 27.6 Å². The molecule has 3 aromatic heterocycles. The Hall–Kier alpha value is -4.18. The second-order valence-electron chi connectivity index (χ2n) is 6.67. The van der Waals surface area contributed by atoms with E-state index in [2.05, 4.69) is 18.8 Å². The van der Waals surface area contributed by atoms with Gasteiger partial charge in [0.2, 0.25) is 0 Å². The van der Waals surface area contributed by atoms with E-state index in [-0.39, 0.29) is 33.6 Å². The molecule has 0 saturated heterocycles. The first kappa shape index (κ1) is 24.5. The Bertz CT molecular complexity index is 1480. The molecule has 3 heterocycles. The predicted octanol–water partition coefficient (Wildman–Crippen LogP) is 4.40. The summed E-state index contributed by atoms with van der Waals surface area (Å²) in [4.78, 5) is 33.3. The van der Waals surface area contributed by atoms with E-state index in [1.54, 1.807) is 54.6 Å². The fourth-order valence-electron chi connectivity index (χ4n) is 2.95. The van der Waals surface area contributed by atoms with Gasteiger partial charge in [0.05, 0.1) is 16.3 Å². The molecule has 0 atom stereocenters. The predicted molar refractivity (Wildman–Crippen MR) is 130 cm³/mol. The van der Waals surface area contributed by atoms with Crippen molar-refractivity contribution in [1.82, 2.24) is 0 Å². The van der Waals surface area contributed by atoms with Crippen LogP contribution in [0.3, 0.4) is 0 Å². The molecule has 0 radical (unpaired) electrons. The molecule has 34 heavy (non-hydrogen) atoms. The SMILES string of the molecule is O=c1c[c-]oc2ccccc12.O=c1c[c-]oc2ccccc12.O=c1c[c-]oc2ccccc12.[Al+3]. The molecule has 6 rings (SSSR count). The van der Waals surface area contributed by atoms with Crippen molar-refractivity contribution in [3.8, 4) is 0 Å². The van der Waals surface area contributed by atoms with Crippen LogP contribution in [0.15, 0.2) is 119 Å². The Labute approximate surface area is 203 Å². The van der Waals surface area contributed by atoms with Crippen molar-refractivity contribution in [2.75, 3.05) is 0 Å². The zero-order valence-corrected chi connectivity index (χ0v) is 18.8. The van der Waals surface area contributed by atoms with Gasteiger partial charge >= 0.3 is 17.4 Å². The third-order valence-electron chi connectivity index (χ3n) is 4.53. The van der Waals surface area contributed by atoms with Crippen LogP contribution in [0.2, 0.25) is 0 Å². The van der Waals surface area contributed by atoms with Crippen LogP contribution in [0.1, 0.15) is 0 Å². The summed E-state index contributed by atoms with van der Waals surface area (Å²) in [5.74, 6) is 0. The molecule has 0 aliphatic carbocycles. The van der Waals surface area contributed by atoms with Crippen LogP contribution in [0.5, 0.6) is 0 Å². The zero-order valence-electron chi connectivity index (χ0n) is 17.7. The van der Waals surface area contributed by atoms with Gasteiger partial charge in [-0.2, -0.15) is 0 Å². The van der Waals surface area contributed by atoms with Crippen LogP contribution in [0.25, 0.3) is 32.9 Å². The molecule has 0 unspecified atom stereocenters. The summed E-state index contributed by atoms with van der Waals surface area (Å²) in [6.45, 7) is 0. The molecule has 0 spiro atoms. The van der Waals surface area contributed by atoms with Gasteiger partial charge in [0, 0.05) is 16.7 Å². The van der Waals surface area contributed by atoms with E-state index >= 15 is 0 Å². The number of rotatable bonds is 0. The third-order valence-corrected chi connectivity index (χ3v) is 4.53. The van der Waals surface area contributed by atoms with Crippen LogP contribution in [0, 0.1) is 18.8 Å². The minimum atomic E-state index is -0.0492. The van der Waals surface area contributed by atoms with Gasteiger partial charge in [-0.25, -0.2) is 0 Å². The largest absolute Gasteiger partial charge is 3.00 e. The monoisotopic (exact) mass is 462 g/mol. The van der Waals surface area contributed by atoms with Crippen molar-refractivity contribution in [3.05, 3.63) is 140 Å². The fraction of sp³-hybridized carbons (Fsp3) is 0. The van der Waals surface area contributed by atoms with E-state index < -0.39 is 0 Å². The third kappa shape index (κ3) is 5.79. The second-order valence-corrected chi connectivity index (χ2v) is 6.67. The number of hydrogen-bond donors (Lipinski definition) is 0. The average Bonchev–Trinajstić information content (AvgIpc) is 2.86. The minimum absolute atomic E-state index is 0. The summed E-state index contributed by atoms with van der Waals surface area (Å²) < 4.78 is 14.9. The van der Waals surface area contributed by atoms with Crippen molar-refractivity contribution in [2.24, 2.45) is 0 Å². The van der Waals surface area contributed by atoms with E-state index in [1.165, 1.54) is 18.2 Å². The van der Waals surface area contributed by atoms with Crippen LogP contribution in [-0.2, 0) is 0 Å². The zero-order chi connectivity index (χ0) is 23.0. The molecule has 0 bridgehead atoms. The summed E-state index contributed by atoms with van der Waals surface area (Å²) in [6, 6.07) is 25.2. The summed E-state index contributed by atoms with van der Waals surface area (Å²) in [7, 11) is 0. The van der Waals surface area contributed by atoms with E-state index in [0.29, 0.717) is 32.9 Å². The van der Waals surface area contributed by atoms with E-state index in [0.717, 1.165) is 0 Å². The molecule has 0 N–H and O–H groups in total. The van der Waals surface area contributed by atoms with Crippen molar-refractivity contribution in [1.29, 1.82) is 0 Å². The molecular weight excluding hydrogens is 447 g/mol. The Morgan fingerprint density at radius 2 is 0.706 bits per heavy atom. The van der Waals surface area contributed by atoms with Crippen molar-refractivity contribution in [2.45, 2.75) is 0 Å². The average molecular weight is 462 g/mol. The number of fused-ring (bicyclic) bond motifs is 3. The van der Waals surface area contributed by atoms with E-state index in [1.807, 2.05) is 18.2 Å². The molecular formula is C27H15AlO6. The van der Waals surface area contributed by atoms with Crippen LogP contribution >= 0.6 is 0 Å². The second kappa shape index (κ2) is 11.6. The molecule has 0 amide bonds. The van der Waals surface area contributed by atoms with Gasteiger partial charge in [-0.05, 0) is 34.9 Å². The maximum atomic E-state index is 11.1. The van der Waals surface area contributed by atoms with Gasteiger partial charge in [0.15, 0.2) is 0 Å².